The molecule has 62 heavy (non-hydrogen) atoms. The summed E-state index contributed by atoms with van der Waals surface area (Å²) in [6.07, 6.45) is 61.0. The lowest BCUT2D eigenvalue weighted by molar-refractivity contribution is -0.167. The number of allylic oxidation sites excluding steroid dienone is 8. The van der Waals surface area contributed by atoms with Gasteiger partial charge in [0.1, 0.15) is 13.2 Å². The number of carbonyl (C=O) groups is 3. The summed E-state index contributed by atoms with van der Waals surface area (Å²) < 4.78 is 16.8. The first kappa shape index (κ1) is 59.4. The number of hydrogen-bond acceptors (Lipinski definition) is 6. The van der Waals surface area contributed by atoms with E-state index in [1.807, 2.05) is 0 Å². The first-order chi connectivity index (χ1) is 30.5. The normalized spacial score (nSPS) is 12.4. The van der Waals surface area contributed by atoms with E-state index < -0.39 is 6.10 Å². The second kappa shape index (κ2) is 51.0. The molecule has 6 nitrogen and oxygen atoms in total. The zero-order valence-corrected chi connectivity index (χ0v) is 41.1. The lowest BCUT2D eigenvalue weighted by atomic mass is 10.0. The first-order valence-corrected chi connectivity index (χ1v) is 26.6. The topological polar surface area (TPSA) is 78.9 Å². The van der Waals surface area contributed by atoms with Crippen LogP contribution in [0.4, 0.5) is 0 Å². The zero-order chi connectivity index (χ0) is 45.1. The molecule has 0 aromatic rings. The number of carbonyl (C=O) groups excluding carboxylic acids is 3. The molecule has 0 aromatic heterocycles. The minimum atomic E-state index is -0.778. The van der Waals surface area contributed by atoms with Crippen LogP contribution in [0.3, 0.4) is 0 Å². The molecule has 0 aliphatic rings. The molecule has 0 N–H and O–H groups in total. The van der Waals surface area contributed by atoms with Crippen molar-refractivity contribution in [2.75, 3.05) is 13.2 Å². The summed E-state index contributed by atoms with van der Waals surface area (Å²) in [4.78, 5) is 37.9. The summed E-state index contributed by atoms with van der Waals surface area (Å²) in [5.74, 6) is -0.895. The van der Waals surface area contributed by atoms with Crippen LogP contribution in [0.5, 0.6) is 0 Å². The standard InChI is InChI=1S/C56H100O6/c1-4-7-10-13-16-19-22-24-25-26-27-28-29-30-31-33-34-37-40-43-46-49-55(58)61-52-53(51-60-54(57)48-45-42-39-36-21-18-15-12-9-6-3)62-56(59)50-47-44-41-38-35-32-23-20-17-14-11-8-5-2/h12,15,22,24,26-27,29-30,53H,4-11,13-14,16-21,23,25,28,31-52H2,1-3H3/b15-12-,24-22-,27-26-,30-29-. The molecular weight excluding hydrogens is 769 g/mol. The molecule has 0 aliphatic heterocycles. The van der Waals surface area contributed by atoms with Gasteiger partial charge < -0.3 is 14.2 Å². The predicted octanol–water partition coefficient (Wildman–Crippen LogP) is 17.5. The van der Waals surface area contributed by atoms with Crippen molar-refractivity contribution in [3.8, 4) is 0 Å². The highest BCUT2D eigenvalue weighted by Gasteiger charge is 2.19. The monoisotopic (exact) mass is 869 g/mol. The van der Waals surface area contributed by atoms with E-state index in [9.17, 15) is 14.4 Å². The van der Waals surface area contributed by atoms with Gasteiger partial charge in [-0.2, -0.15) is 0 Å². The number of hydrogen-bond donors (Lipinski definition) is 0. The quantitative estimate of drug-likeness (QED) is 0.0262. The van der Waals surface area contributed by atoms with Crippen LogP contribution in [0.15, 0.2) is 48.6 Å². The van der Waals surface area contributed by atoms with E-state index >= 15 is 0 Å². The summed E-state index contributed by atoms with van der Waals surface area (Å²) in [6, 6.07) is 0. The SMILES string of the molecule is CCC/C=C\CCCCCCCC(=O)OCC(COC(=O)CCCCCCCC/C=C\C/C=C\C/C=C\CCCCCCC)OC(=O)CCCCCCCCCCCCCCC. The number of ether oxygens (including phenoxy) is 3. The van der Waals surface area contributed by atoms with Crippen LogP contribution < -0.4 is 0 Å². The smallest absolute Gasteiger partial charge is 0.306 e. The third kappa shape index (κ3) is 48.4. The maximum Gasteiger partial charge on any atom is 0.306 e. The number of esters is 3. The van der Waals surface area contributed by atoms with Crippen molar-refractivity contribution in [1.29, 1.82) is 0 Å². The van der Waals surface area contributed by atoms with E-state index in [1.54, 1.807) is 0 Å². The third-order valence-corrected chi connectivity index (χ3v) is 11.5. The molecule has 6 heteroatoms. The van der Waals surface area contributed by atoms with Crippen LogP contribution in [0, 0.1) is 0 Å². The van der Waals surface area contributed by atoms with Gasteiger partial charge in [0.25, 0.3) is 0 Å². The average molecular weight is 869 g/mol. The van der Waals surface area contributed by atoms with E-state index in [4.69, 9.17) is 14.2 Å². The highest BCUT2D eigenvalue weighted by atomic mass is 16.6. The highest BCUT2D eigenvalue weighted by molar-refractivity contribution is 5.71. The molecule has 0 rings (SSSR count). The fourth-order valence-corrected chi connectivity index (χ4v) is 7.51. The molecule has 0 heterocycles. The minimum absolute atomic E-state index is 0.0800. The third-order valence-electron chi connectivity index (χ3n) is 11.5. The molecule has 360 valence electrons. The Hall–Kier alpha value is -2.63. The Morgan fingerprint density at radius 2 is 0.613 bits per heavy atom. The van der Waals surface area contributed by atoms with Gasteiger partial charge in [0.15, 0.2) is 6.10 Å². The maximum atomic E-state index is 12.8. The fourth-order valence-electron chi connectivity index (χ4n) is 7.51. The van der Waals surface area contributed by atoms with Gasteiger partial charge in [-0.05, 0) is 77.0 Å². The van der Waals surface area contributed by atoms with Gasteiger partial charge >= 0.3 is 17.9 Å². The number of unbranched alkanes of at least 4 members (excludes halogenated alkanes) is 29. The summed E-state index contributed by atoms with van der Waals surface area (Å²) in [6.45, 7) is 6.56. The minimum Gasteiger partial charge on any atom is -0.462 e. The van der Waals surface area contributed by atoms with Crippen LogP contribution in [0.2, 0.25) is 0 Å². The van der Waals surface area contributed by atoms with Crippen molar-refractivity contribution >= 4 is 17.9 Å². The zero-order valence-electron chi connectivity index (χ0n) is 41.1. The predicted molar refractivity (Wildman–Crippen MR) is 265 cm³/mol. The molecule has 0 fully saturated rings. The fraction of sp³-hybridized carbons (Fsp3) is 0.804. The van der Waals surface area contributed by atoms with Crippen molar-refractivity contribution < 1.29 is 28.6 Å². The average Bonchev–Trinajstić information content (AvgIpc) is 3.27. The van der Waals surface area contributed by atoms with Gasteiger partial charge in [0.05, 0.1) is 0 Å². The van der Waals surface area contributed by atoms with Crippen molar-refractivity contribution in [3.63, 3.8) is 0 Å². The van der Waals surface area contributed by atoms with Gasteiger partial charge in [-0.15, -0.1) is 0 Å². The van der Waals surface area contributed by atoms with Crippen LogP contribution in [0.1, 0.15) is 271 Å². The molecule has 0 amide bonds. The van der Waals surface area contributed by atoms with E-state index in [-0.39, 0.29) is 31.1 Å². The van der Waals surface area contributed by atoms with Crippen LogP contribution in [0.25, 0.3) is 0 Å². The molecule has 0 bridgehead atoms. The van der Waals surface area contributed by atoms with Gasteiger partial charge in [0.2, 0.25) is 0 Å². The summed E-state index contributed by atoms with van der Waals surface area (Å²) >= 11 is 0. The molecule has 1 unspecified atom stereocenters. The molecule has 0 spiro atoms. The first-order valence-electron chi connectivity index (χ1n) is 26.6. The Balaban J connectivity index is 4.31. The van der Waals surface area contributed by atoms with Crippen LogP contribution in [-0.2, 0) is 28.6 Å². The van der Waals surface area contributed by atoms with Crippen molar-refractivity contribution in [3.05, 3.63) is 48.6 Å². The second-order valence-corrected chi connectivity index (χ2v) is 17.8. The van der Waals surface area contributed by atoms with Crippen molar-refractivity contribution in [2.24, 2.45) is 0 Å². The van der Waals surface area contributed by atoms with E-state index in [1.165, 1.54) is 141 Å². The van der Waals surface area contributed by atoms with Crippen molar-refractivity contribution in [1.82, 2.24) is 0 Å². The lowest BCUT2D eigenvalue weighted by Crippen LogP contribution is -2.30. The summed E-state index contributed by atoms with van der Waals surface area (Å²) in [5.41, 5.74) is 0. The molecule has 0 aliphatic carbocycles. The Labute approximate surface area is 384 Å². The highest BCUT2D eigenvalue weighted by Crippen LogP contribution is 2.15. The molecule has 0 saturated carbocycles. The second-order valence-electron chi connectivity index (χ2n) is 17.8. The van der Waals surface area contributed by atoms with Crippen molar-refractivity contribution in [2.45, 2.75) is 277 Å². The van der Waals surface area contributed by atoms with E-state index in [2.05, 4.69) is 69.4 Å². The molecule has 0 aromatic carbocycles. The van der Waals surface area contributed by atoms with Crippen LogP contribution >= 0.6 is 0 Å². The van der Waals surface area contributed by atoms with E-state index in [0.717, 1.165) is 89.9 Å². The van der Waals surface area contributed by atoms with E-state index in [0.29, 0.717) is 19.3 Å². The maximum absolute atomic E-state index is 12.8. The number of rotatable bonds is 48. The summed E-state index contributed by atoms with van der Waals surface area (Å²) in [7, 11) is 0. The Morgan fingerprint density at radius 3 is 0.984 bits per heavy atom. The summed E-state index contributed by atoms with van der Waals surface area (Å²) in [5, 5.41) is 0. The lowest BCUT2D eigenvalue weighted by Gasteiger charge is -2.18. The molecule has 0 saturated heterocycles. The van der Waals surface area contributed by atoms with Crippen LogP contribution in [-0.4, -0.2) is 37.2 Å². The van der Waals surface area contributed by atoms with Gasteiger partial charge in [-0.1, -0.05) is 223 Å². The Kier molecular flexibility index (Phi) is 48.8. The van der Waals surface area contributed by atoms with Gasteiger partial charge in [-0.3, -0.25) is 14.4 Å². The largest absolute Gasteiger partial charge is 0.462 e. The molecule has 1 atom stereocenters. The Bertz CT molecular complexity index is 1090. The Morgan fingerprint density at radius 1 is 0.323 bits per heavy atom. The molecular formula is C56H100O6. The van der Waals surface area contributed by atoms with Gasteiger partial charge in [0, 0.05) is 19.3 Å². The van der Waals surface area contributed by atoms with Gasteiger partial charge in [-0.25, -0.2) is 0 Å². The molecule has 0 radical (unpaired) electrons.